The van der Waals surface area contributed by atoms with Crippen molar-refractivity contribution in [3.8, 4) is 0 Å². The second-order valence-electron chi connectivity index (χ2n) is 6.03. The molecular weight excluding hydrogens is 331 g/mol. The summed E-state index contributed by atoms with van der Waals surface area (Å²) >= 11 is 0. The fourth-order valence-corrected chi connectivity index (χ4v) is 2.05. The first kappa shape index (κ1) is 19.0. The second kappa shape index (κ2) is 8.15. The number of aryl methyl sites for hydroxylation is 1. The molecule has 8 heteroatoms. The highest BCUT2D eigenvalue weighted by Gasteiger charge is 2.33. The number of alkyl halides is 3. The van der Waals surface area contributed by atoms with Crippen LogP contribution in [0.25, 0.3) is 0 Å². The van der Waals surface area contributed by atoms with Gasteiger partial charge in [-0.25, -0.2) is 4.98 Å². The lowest BCUT2D eigenvalue weighted by Gasteiger charge is -2.14. The molecule has 136 valence electrons. The van der Waals surface area contributed by atoms with Gasteiger partial charge in [-0.1, -0.05) is 29.8 Å². The summed E-state index contributed by atoms with van der Waals surface area (Å²) in [5.41, 5.74) is 1.11. The predicted octanol–water partition coefficient (Wildman–Crippen LogP) is 3.39. The molecule has 0 saturated heterocycles. The highest BCUT2D eigenvalue weighted by molar-refractivity contribution is 5.43. The summed E-state index contributed by atoms with van der Waals surface area (Å²) in [7, 11) is 3.76. The van der Waals surface area contributed by atoms with Crippen LogP contribution in [0.1, 0.15) is 16.8 Å². The van der Waals surface area contributed by atoms with Crippen molar-refractivity contribution >= 4 is 11.8 Å². The Morgan fingerprint density at radius 2 is 1.72 bits per heavy atom. The van der Waals surface area contributed by atoms with Crippen molar-refractivity contribution in [2.45, 2.75) is 19.6 Å². The van der Waals surface area contributed by atoms with Crippen molar-refractivity contribution in [1.29, 1.82) is 0 Å². The third-order valence-electron chi connectivity index (χ3n) is 3.45. The lowest BCUT2D eigenvalue weighted by Crippen LogP contribution is -2.22. The summed E-state index contributed by atoms with van der Waals surface area (Å²) in [6.45, 7) is 3.46. The van der Waals surface area contributed by atoms with Gasteiger partial charge in [-0.05, 0) is 26.6 Å². The van der Waals surface area contributed by atoms with Gasteiger partial charge in [-0.3, -0.25) is 0 Å². The molecule has 0 atom stereocenters. The number of likely N-dealkylation sites (N-methyl/N-ethyl adjacent to an activating group) is 1. The van der Waals surface area contributed by atoms with Crippen molar-refractivity contribution < 1.29 is 13.2 Å². The molecule has 0 aliphatic carbocycles. The molecule has 0 spiro atoms. The summed E-state index contributed by atoms with van der Waals surface area (Å²) in [4.78, 5) is 9.60. The average molecular weight is 353 g/mol. The van der Waals surface area contributed by atoms with Crippen LogP contribution >= 0.6 is 0 Å². The topological polar surface area (TPSA) is 53.1 Å². The molecule has 2 rings (SSSR count). The molecule has 0 aliphatic rings. The molecule has 1 heterocycles. The summed E-state index contributed by atoms with van der Waals surface area (Å²) in [5.74, 6) is 0.0957. The number of nitrogens with zero attached hydrogens (tertiary/aromatic N) is 3. The van der Waals surface area contributed by atoms with E-state index in [1.54, 1.807) is 0 Å². The summed E-state index contributed by atoms with van der Waals surface area (Å²) in [6.07, 6.45) is -4.53. The van der Waals surface area contributed by atoms with E-state index >= 15 is 0 Å². The Labute approximate surface area is 145 Å². The molecule has 1 aromatic carbocycles. The van der Waals surface area contributed by atoms with Crippen molar-refractivity contribution in [3.63, 3.8) is 0 Å². The van der Waals surface area contributed by atoms with Crippen molar-refractivity contribution in [1.82, 2.24) is 14.9 Å². The number of benzene rings is 1. The quantitative estimate of drug-likeness (QED) is 0.799. The molecule has 0 aliphatic heterocycles. The van der Waals surface area contributed by atoms with Crippen LogP contribution in [0.4, 0.5) is 24.9 Å². The van der Waals surface area contributed by atoms with Crippen molar-refractivity contribution in [2.75, 3.05) is 37.8 Å². The van der Waals surface area contributed by atoms with Crippen LogP contribution in [-0.4, -0.2) is 42.1 Å². The van der Waals surface area contributed by atoms with Gasteiger partial charge in [0.15, 0.2) is 5.69 Å². The van der Waals surface area contributed by atoms with Gasteiger partial charge in [-0.15, -0.1) is 0 Å². The number of aromatic nitrogens is 2. The molecule has 5 nitrogen and oxygen atoms in total. The Hall–Kier alpha value is -2.35. The van der Waals surface area contributed by atoms with Gasteiger partial charge in [0, 0.05) is 25.7 Å². The number of halogens is 3. The minimum absolute atomic E-state index is 0.0388. The number of hydrogen-bond acceptors (Lipinski definition) is 5. The summed E-state index contributed by atoms with van der Waals surface area (Å²) < 4.78 is 39.2. The van der Waals surface area contributed by atoms with Crippen LogP contribution in [0.2, 0.25) is 0 Å². The van der Waals surface area contributed by atoms with Crippen LogP contribution in [0.3, 0.4) is 0 Å². The minimum Gasteiger partial charge on any atom is -0.366 e. The van der Waals surface area contributed by atoms with Crippen LogP contribution < -0.4 is 10.6 Å². The fourth-order valence-electron chi connectivity index (χ4n) is 2.05. The molecular formula is C17H22F3N5. The average Bonchev–Trinajstić information content (AvgIpc) is 2.53. The normalized spacial score (nSPS) is 11.6. The van der Waals surface area contributed by atoms with Gasteiger partial charge in [0.1, 0.15) is 5.82 Å². The molecule has 0 amide bonds. The molecule has 1 aromatic heterocycles. The number of anilines is 2. The minimum atomic E-state index is -4.53. The summed E-state index contributed by atoms with van der Waals surface area (Å²) in [6, 6.07) is 8.67. The second-order valence-corrected chi connectivity index (χ2v) is 6.03. The highest BCUT2D eigenvalue weighted by Crippen LogP contribution is 2.29. The van der Waals surface area contributed by atoms with E-state index in [0.717, 1.165) is 17.2 Å². The Bertz CT molecular complexity index is 684. The zero-order valence-corrected chi connectivity index (χ0v) is 14.5. The predicted molar refractivity (Wildman–Crippen MR) is 92.6 cm³/mol. The molecule has 0 bridgehead atoms. The van der Waals surface area contributed by atoms with E-state index < -0.39 is 11.9 Å². The van der Waals surface area contributed by atoms with Gasteiger partial charge in [-0.2, -0.15) is 18.2 Å². The Morgan fingerprint density at radius 3 is 2.32 bits per heavy atom. The largest absolute Gasteiger partial charge is 0.433 e. The van der Waals surface area contributed by atoms with Crippen LogP contribution in [0.15, 0.2) is 30.3 Å². The lowest BCUT2D eigenvalue weighted by molar-refractivity contribution is -0.141. The van der Waals surface area contributed by atoms with Crippen LogP contribution in [0.5, 0.6) is 0 Å². The first-order valence-electron chi connectivity index (χ1n) is 7.88. The fraction of sp³-hybridized carbons (Fsp3) is 0.412. The van der Waals surface area contributed by atoms with Gasteiger partial charge >= 0.3 is 6.18 Å². The summed E-state index contributed by atoms with van der Waals surface area (Å²) in [5, 5.41) is 5.76. The van der Waals surface area contributed by atoms with Gasteiger partial charge in [0.05, 0.1) is 0 Å². The first-order valence-corrected chi connectivity index (χ1v) is 7.88. The molecule has 0 radical (unpaired) electrons. The molecule has 2 N–H and O–H groups in total. The van der Waals surface area contributed by atoms with Crippen molar-refractivity contribution in [3.05, 3.63) is 47.2 Å². The zero-order chi connectivity index (χ0) is 18.4. The molecule has 2 aromatic rings. The highest BCUT2D eigenvalue weighted by atomic mass is 19.4. The van der Waals surface area contributed by atoms with Crippen LogP contribution in [-0.2, 0) is 12.7 Å². The van der Waals surface area contributed by atoms with E-state index in [1.807, 2.05) is 50.2 Å². The number of nitrogens with one attached hydrogen (secondary N) is 2. The maximum absolute atomic E-state index is 13.1. The number of hydrogen-bond donors (Lipinski definition) is 2. The maximum atomic E-state index is 13.1. The van der Waals surface area contributed by atoms with Crippen molar-refractivity contribution in [2.24, 2.45) is 0 Å². The molecule has 25 heavy (non-hydrogen) atoms. The maximum Gasteiger partial charge on any atom is 0.433 e. The van der Waals surface area contributed by atoms with E-state index in [-0.39, 0.29) is 11.8 Å². The SMILES string of the molecule is Cc1ccc(CNc2cc(C(F)(F)F)nc(NCCN(C)C)n2)cc1. The monoisotopic (exact) mass is 353 g/mol. The smallest absolute Gasteiger partial charge is 0.366 e. The standard InChI is InChI=1S/C17H22F3N5/c1-12-4-6-13(7-5-12)11-22-15-10-14(17(18,19)20)23-16(24-15)21-8-9-25(2)3/h4-7,10H,8-9,11H2,1-3H3,(H2,21,22,23,24). The van der Waals surface area contributed by atoms with E-state index in [1.165, 1.54) is 0 Å². The lowest BCUT2D eigenvalue weighted by atomic mass is 10.1. The van der Waals surface area contributed by atoms with E-state index in [2.05, 4.69) is 20.6 Å². The Balaban J connectivity index is 2.13. The van der Waals surface area contributed by atoms with Gasteiger partial charge in [0.25, 0.3) is 0 Å². The van der Waals surface area contributed by atoms with E-state index in [9.17, 15) is 13.2 Å². The van der Waals surface area contributed by atoms with Crippen LogP contribution in [0, 0.1) is 6.92 Å². The third-order valence-corrected chi connectivity index (χ3v) is 3.45. The molecule has 0 saturated carbocycles. The first-order chi connectivity index (χ1) is 11.7. The number of rotatable bonds is 7. The molecule has 0 unspecified atom stereocenters. The Kier molecular flexibility index (Phi) is 6.19. The zero-order valence-electron chi connectivity index (χ0n) is 14.5. The van der Waals surface area contributed by atoms with Gasteiger partial charge < -0.3 is 15.5 Å². The van der Waals surface area contributed by atoms with Gasteiger partial charge in [0.2, 0.25) is 5.95 Å². The molecule has 0 fully saturated rings. The Morgan fingerprint density at radius 1 is 1.04 bits per heavy atom. The third kappa shape index (κ3) is 6.22. The van der Waals surface area contributed by atoms with E-state index in [0.29, 0.717) is 19.6 Å². The van der Waals surface area contributed by atoms with E-state index in [4.69, 9.17) is 0 Å².